The van der Waals surface area contributed by atoms with Gasteiger partial charge >= 0.3 is 0 Å². The van der Waals surface area contributed by atoms with Gasteiger partial charge in [0.1, 0.15) is 0 Å². The molecule has 0 aliphatic rings. The molecule has 0 spiro atoms. The summed E-state index contributed by atoms with van der Waals surface area (Å²) in [4.78, 5) is 12.3. The highest BCUT2D eigenvalue weighted by Crippen LogP contribution is 2.12. The maximum Gasteiger partial charge on any atom is 0.220 e. The van der Waals surface area contributed by atoms with Crippen LogP contribution in [0.5, 0.6) is 0 Å². The minimum Gasteiger partial charge on any atom is -0.394 e. The standard InChI is InChI=1S/C39H67NO3/c1-3-5-7-9-11-13-15-17-18-19-20-21-22-23-25-27-29-31-33-35-39(43)40-37(36-41)38(42)34-32-30-28-26-24-16-14-12-10-8-6-4-2/h5,7,11,13,17-18,20-21,23,25,32,34,37-38,41-42H,3-4,6,8-10,12,14-16,19,22,24,26-31,33,35-36H2,1-2H3,(H,40,43)/b7-5-,13-11-,18-17-,21-20-,25-23-,34-32+. The third-order valence-electron chi connectivity index (χ3n) is 7.45. The van der Waals surface area contributed by atoms with Crippen LogP contribution in [0, 0.1) is 0 Å². The van der Waals surface area contributed by atoms with E-state index in [1.807, 2.05) is 6.08 Å². The molecule has 0 rings (SSSR count). The molecule has 246 valence electrons. The Kier molecular flexibility index (Phi) is 32.6. The van der Waals surface area contributed by atoms with E-state index in [4.69, 9.17) is 0 Å². The highest BCUT2D eigenvalue weighted by Gasteiger charge is 2.17. The van der Waals surface area contributed by atoms with Gasteiger partial charge in [0.2, 0.25) is 5.91 Å². The van der Waals surface area contributed by atoms with Crippen LogP contribution in [0.25, 0.3) is 0 Å². The zero-order valence-corrected chi connectivity index (χ0v) is 27.9. The van der Waals surface area contributed by atoms with Crippen molar-refractivity contribution in [2.75, 3.05) is 6.61 Å². The highest BCUT2D eigenvalue weighted by molar-refractivity contribution is 5.76. The third-order valence-corrected chi connectivity index (χ3v) is 7.45. The second-order valence-corrected chi connectivity index (χ2v) is 11.6. The fourth-order valence-electron chi connectivity index (χ4n) is 4.73. The van der Waals surface area contributed by atoms with Crippen molar-refractivity contribution < 1.29 is 15.0 Å². The molecule has 4 nitrogen and oxygen atoms in total. The largest absolute Gasteiger partial charge is 0.394 e. The fraction of sp³-hybridized carbons (Fsp3) is 0.667. The lowest BCUT2D eigenvalue weighted by molar-refractivity contribution is -0.123. The van der Waals surface area contributed by atoms with E-state index in [0.29, 0.717) is 6.42 Å². The van der Waals surface area contributed by atoms with Gasteiger partial charge in [-0.1, -0.05) is 151 Å². The normalized spacial score (nSPS) is 14.0. The lowest BCUT2D eigenvalue weighted by atomic mass is 10.1. The van der Waals surface area contributed by atoms with Crippen LogP contribution in [0.15, 0.2) is 72.9 Å². The molecule has 0 aromatic rings. The van der Waals surface area contributed by atoms with Gasteiger partial charge in [0.15, 0.2) is 0 Å². The summed E-state index contributed by atoms with van der Waals surface area (Å²) in [7, 11) is 0. The number of nitrogens with one attached hydrogen (secondary N) is 1. The van der Waals surface area contributed by atoms with E-state index in [1.54, 1.807) is 6.08 Å². The number of allylic oxidation sites excluding steroid dienone is 11. The second-order valence-electron chi connectivity index (χ2n) is 11.6. The number of aliphatic hydroxyl groups is 2. The number of hydrogen-bond donors (Lipinski definition) is 3. The minimum absolute atomic E-state index is 0.101. The van der Waals surface area contributed by atoms with Crippen LogP contribution in [0.1, 0.15) is 149 Å². The van der Waals surface area contributed by atoms with Gasteiger partial charge in [-0.05, 0) is 64.2 Å². The van der Waals surface area contributed by atoms with Crippen LogP contribution in [-0.2, 0) is 4.79 Å². The van der Waals surface area contributed by atoms with E-state index >= 15 is 0 Å². The summed E-state index contributed by atoms with van der Waals surface area (Å²) in [6.45, 7) is 4.14. The lowest BCUT2D eigenvalue weighted by Gasteiger charge is -2.19. The molecule has 0 heterocycles. The molecular formula is C39H67NO3. The molecule has 0 fully saturated rings. The van der Waals surface area contributed by atoms with Crippen LogP contribution in [0.4, 0.5) is 0 Å². The number of unbranched alkanes of at least 4 members (excludes halogenated alkanes) is 13. The Morgan fingerprint density at radius 3 is 1.53 bits per heavy atom. The number of aliphatic hydroxyl groups excluding tert-OH is 2. The Morgan fingerprint density at radius 2 is 1.02 bits per heavy atom. The van der Waals surface area contributed by atoms with Crippen molar-refractivity contribution in [3.05, 3.63) is 72.9 Å². The van der Waals surface area contributed by atoms with Gasteiger partial charge in [-0.15, -0.1) is 0 Å². The summed E-state index contributed by atoms with van der Waals surface area (Å²) in [5.74, 6) is -0.101. The molecule has 4 heteroatoms. The van der Waals surface area contributed by atoms with E-state index in [-0.39, 0.29) is 12.5 Å². The summed E-state index contributed by atoms with van der Waals surface area (Å²) >= 11 is 0. The predicted octanol–water partition coefficient (Wildman–Crippen LogP) is 10.4. The summed E-state index contributed by atoms with van der Waals surface area (Å²) in [6, 6.07) is -0.641. The van der Waals surface area contributed by atoms with Gasteiger partial charge < -0.3 is 15.5 Å². The molecule has 0 aliphatic carbocycles. The fourth-order valence-corrected chi connectivity index (χ4v) is 4.73. The predicted molar refractivity (Wildman–Crippen MR) is 188 cm³/mol. The van der Waals surface area contributed by atoms with Crippen LogP contribution in [0.3, 0.4) is 0 Å². The smallest absolute Gasteiger partial charge is 0.220 e. The first-order valence-corrected chi connectivity index (χ1v) is 17.7. The topological polar surface area (TPSA) is 69.6 Å². The number of amides is 1. The highest BCUT2D eigenvalue weighted by atomic mass is 16.3. The Morgan fingerprint density at radius 1 is 0.581 bits per heavy atom. The first kappa shape index (κ1) is 40.8. The zero-order chi connectivity index (χ0) is 31.5. The van der Waals surface area contributed by atoms with E-state index in [9.17, 15) is 15.0 Å². The summed E-state index contributed by atoms with van der Waals surface area (Å²) in [6.07, 6.45) is 48.3. The molecular weight excluding hydrogens is 530 g/mol. The Hall–Kier alpha value is -2.17. The summed E-state index contributed by atoms with van der Waals surface area (Å²) in [5, 5.41) is 22.8. The second kappa shape index (κ2) is 34.3. The van der Waals surface area contributed by atoms with Gasteiger partial charge in [-0.25, -0.2) is 0 Å². The maximum absolute atomic E-state index is 12.3. The summed E-state index contributed by atoms with van der Waals surface area (Å²) < 4.78 is 0. The van der Waals surface area contributed by atoms with Gasteiger partial charge in [0.05, 0.1) is 18.8 Å². The number of rotatable bonds is 30. The van der Waals surface area contributed by atoms with E-state index in [2.05, 4.69) is 79.9 Å². The average Bonchev–Trinajstić information content (AvgIpc) is 3.01. The van der Waals surface area contributed by atoms with Gasteiger partial charge in [-0.2, -0.15) is 0 Å². The number of carbonyl (C=O) groups excluding carboxylic acids is 1. The van der Waals surface area contributed by atoms with Crippen LogP contribution < -0.4 is 5.32 Å². The van der Waals surface area contributed by atoms with Crippen molar-refractivity contribution in [1.82, 2.24) is 5.32 Å². The van der Waals surface area contributed by atoms with Crippen molar-refractivity contribution >= 4 is 5.91 Å². The van der Waals surface area contributed by atoms with Gasteiger partial charge in [0, 0.05) is 6.42 Å². The van der Waals surface area contributed by atoms with Crippen molar-refractivity contribution in [1.29, 1.82) is 0 Å². The van der Waals surface area contributed by atoms with Crippen molar-refractivity contribution in [3.63, 3.8) is 0 Å². The van der Waals surface area contributed by atoms with Crippen LogP contribution >= 0.6 is 0 Å². The molecule has 0 aromatic heterocycles. The molecule has 0 saturated carbocycles. The first-order chi connectivity index (χ1) is 21.2. The van der Waals surface area contributed by atoms with Crippen LogP contribution in [0.2, 0.25) is 0 Å². The molecule has 0 saturated heterocycles. The molecule has 43 heavy (non-hydrogen) atoms. The number of carbonyl (C=O) groups is 1. The Labute approximate surface area is 266 Å². The molecule has 1 amide bonds. The molecule has 0 radical (unpaired) electrons. The molecule has 2 unspecified atom stereocenters. The van der Waals surface area contributed by atoms with Crippen LogP contribution in [-0.4, -0.2) is 34.9 Å². The molecule has 3 N–H and O–H groups in total. The Bertz CT molecular complexity index is 777. The quantitative estimate of drug-likeness (QED) is 0.0570. The molecule has 0 bridgehead atoms. The third kappa shape index (κ3) is 31.1. The van der Waals surface area contributed by atoms with E-state index in [1.165, 1.54) is 57.8 Å². The number of hydrogen-bond acceptors (Lipinski definition) is 3. The van der Waals surface area contributed by atoms with Crippen molar-refractivity contribution in [3.8, 4) is 0 Å². The molecule has 0 aliphatic heterocycles. The Balaban J connectivity index is 3.77. The maximum atomic E-state index is 12.3. The van der Waals surface area contributed by atoms with Crippen molar-refractivity contribution in [2.24, 2.45) is 0 Å². The zero-order valence-electron chi connectivity index (χ0n) is 27.9. The van der Waals surface area contributed by atoms with E-state index < -0.39 is 12.1 Å². The first-order valence-electron chi connectivity index (χ1n) is 17.7. The van der Waals surface area contributed by atoms with Crippen molar-refractivity contribution in [2.45, 2.75) is 161 Å². The van der Waals surface area contributed by atoms with Gasteiger partial charge in [0.25, 0.3) is 0 Å². The summed E-state index contributed by atoms with van der Waals surface area (Å²) in [5.41, 5.74) is 0. The average molecular weight is 598 g/mol. The van der Waals surface area contributed by atoms with E-state index in [0.717, 1.165) is 70.6 Å². The SMILES string of the molecule is CC/C=C\C/C=C\C/C=C\C/C=C\C/C=C\CCCCCC(=O)NC(CO)C(O)/C=C/CCCCCCCCCCCC. The molecule has 0 aromatic carbocycles. The molecule has 2 atom stereocenters. The monoisotopic (exact) mass is 598 g/mol. The van der Waals surface area contributed by atoms with Gasteiger partial charge in [-0.3, -0.25) is 4.79 Å². The lowest BCUT2D eigenvalue weighted by Crippen LogP contribution is -2.45. The minimum atomic E-state index is -0.854.